The van der Waals surface area contributed by atoms with Gasteiger partial charge < -0.3 is 14.6 Å². The van der Waals surface area contributed by atoms with Gasteiger partial charge in [0.05, 0.1) is 5.92 Å². The summed E-state index contributed by atoms with van der Waals surface area (Å²) in [5.74, 6) is -0.867. The lowest BCUT2D eigenvalue weighted by Gasteiger charge is -2.30. The minimum atomic E-state index is -0.658. The zero-order valence-electron chi connectivity index (χ0n) is 15.2. The fraction of sp³-hybridized carbons (Fsp3) is 0.381. The van der Waals surface area contributed by atoms with Gasteiger partial charge in [0.25, 0.3) is 0 Å². The fourth-order valence-corrected chi connectivity index (χ4v) is 3.58. The molecule has 0 saturated carbocycles. The van der Waals surface area contributed by atoms with Gasteiger partial charge in [-0.2, -0.15) is 0 Å². The molecule has 4 nitrogen and oxygen atoms in total. The van der Waals surface area contributed by atoms with Crippen LogP contribution in [0.25, 0.3) is 5.57 Å². The van der Waals surface area contributed by atoms with Gasteiger partial charge in [-0.15, -0.1) is 12.4 Å². The molecular formula is C21H27ClN2O2. The van der Waals surface area contributed by atoms with Gasteiger partial charge in [0.2, 0.25) is 0 Å². The van der Waals surface area contributed by atoms with Crippen molar-refractivity contribution in [1.82, 2.24) is 9.47 Å². The van der Waals surface area contributed by atoms with E-state index in [1.165, 1.54) is 16.8 Å². The molecule has 140 valence electrons. The van der Waals surface area contributed by atoms with E-state index in [0.717, 1.165) is 32.4 Å². The number of aromatic nitrogens is 1. The number of aryl methyl sites for hydroxylation is 1. The highest BCUT2D eigenvalue weighted by Gasteiger charge is 2.24. The molecule has 2 aromatic rings. The maximum absolute atomic E-state index is 11.2. The molecular weight excluding hydrogens is 348 g/mol. The number of halogens is 1. The predicted molar refractivity (Wildman–Crippen MR) is 108 cm³/mol. The lowest BCUT2D eigenvalue weighted by molar-refractivity contribution is -0.143. The molecule has 0 amide bonds. The molecule has 3 rings (SSSR count). The summed E-state index contributed by atoms with van der Waals surface area (Å²) < 4.78 is 2.14. The molecule has 1 aromatic carbocycles. The summed E-state index contributed by atoms with van der Waals surface area (Å²) in [4.78, 5) is 13.5. The van der Waals surface area contributed by atoms with Gasteiger partial charge in [0, 0.05) is 37.6 Å². The first-order valence-electron chi connectivity index (χ1n) is 8.97. The number of carboxylic acid groups (broad SMARTS) is 1. The van der Waals surface area contributed by atoms with E-state index in [-0.39, 0.29) is 18.3 Å². The standard InChI is InChI=1S/C21H26N2O2.ClH/c1-22-13-7-12-20(22)19(17-8-3-2-4-9-17)11-6-15-23-14-5-10-18(16-23)21(24)25;/h2-4,7-9,11-13,18H,5-6,10,14-16H2,1H3,(H,24,25);1H/b19-11+;/t18-;/m1./s1. The van der Waals surface area contributed by atoms with Crippen LogP contribution in [0.2, 0.25) is 0 Å². The van der Waals surface area contributed by atoms with Crippen LogP contribution >= 0.6 is 12.4 Å². The van der Waals surface area contributed by atoms with E-state index in [2.05, 4.69) is 65.2 Å². The molecule has 26 heavy (non-hydrogen) atoms. The summed E-state index contributed by atoms with van der Waals surface area (Å²) in [5.41, 5.74) is 3.65. The second-order valence-electron chi connectivity index (χ2n) is 6.75. The topological polar surface area (TPSA) is 45.5 Å². The number of benzene rings is 1. The Morgan fingerprint density at radius 1 is 1.23 bits per heavy atom. The third-order valence-corrected chi connectivity index (χ3v) is 4.95. The van der Waals surface area contributed by atoms with Gasteiger partial charge >= 0.3 is 5.97 Å². The maximum atomic E-state index is 11.2. The first-order chi connectivity index (χ1) is 12.1. The van der Waals surface area contributed by atoms with Crippen LogP contribution in [0.15, 0.2) is 54.7 Å². The Bertz CT molecular complexity index is 739. The van der Waals surface area contributed by atoms with Crippen LogP contribution in [-0.4, -0.2) is 40.2 Å². The summed E-state index contributed by atoms with van der Waals surface area (Å²) in [5, 5.41) is 9.23. The summed E-state index contributed by atoms with van der Waals surface area (Å²) >= 11 is 0. The monoisotopic (exact) mass is 374 g/mol. The van der Waals surface area contributed by atoms with Crippen LogP contribution in [-0.2, 0) is 11.8 Å². The zero-order valence-corrected chi connectivity index (χ0v) is 16.0. The Hall–Kier alpha value is -2.04. The van der Waals surface area contributed by atoms with Crippen molar-refractivity contribution < 1.29 is 9.90 Å². The van der Waals surface area contributed by atoms with Gasteiger partial charge in [-0.3, -0.25) is 4.79 Å². The molecule has 1 saturated heterocycles. The van der Waals surface area contributed by atoms with E-state index < -0.39 is 5.97 Å². The van der Waals surface area contributed by atoms with Gasteiger partial charge in [0.15, 0.2) is 0 Å². The van der Waals surface area contributed by atoms with E-state index in [1.807, 2.05) is 6.07 Å². The second kappa shape index (κ2) is 9.60. The fourth-order valence-electron chi connectivity index (χ4n) is 3.58. The average Bonchev–Trinajstić information content (AvgIpc) is 3.05. The van der Waals surface area contributed by atoms with Crippen LogP contribution in [0.1, 0.15) is 30.5 Å². The van der Waals surface area contributed by atoms with Crippen LogP contribution in [0.5, 0.6) is 0 Å². The number of carbonyl (C=O) groups is 1. The van der Waals surface area contributed by atoms with Crippen molar-refractivity contribution in [2.45, 2.75) is 19.3 Å². The molecule has 1 aliphatic heterocycles. The van der Waals surface area contributed by atoms with E-state index in [1.54, 1.807) is 0 Å². The summed E-state index contributed by atoms with van der Waals surface area (Å²) in [6.45, 7) is 2.58. The lowest BCUT2D eigenvalue weighted by Crippen LogP contribution is -2.39. The Kier molecular flexibility index (Phi) is 7.49. The Morgan fingerprint density at radius 2 is 2.00 bits per heavy atom. The third-order valence-electron chi connectivity index (χ3n) is 4.95. The molecule has 1 aliphatic rings. The highest BCUT2D eigenvalue weighted by atomic mass is 35.5. The predicted octanol–water partition coefficient (Wildman–Crippen LogP) is 4.07. The first kappa shape index (κ1) is 20.3. The van der Waals surface area contributed by atoms with Crippen LogP contribution in [0.4, 0.5) is 0 Å². The smallest absolute Gasteiger partial charge is 0.307 e. The molecule has 0 bridgehead atoms. The van der Waals surface area contributed by atoms with E-state index in [0.29, 0.717) is 6.54 Å². The van der Waals surface area contributed by atoms with Gasteiger partial charge in [-0.1, -0.05) is 36.4 Å². The molecule has 0 aliphatic carbocycles. The quantitative estimate of drug-likeness (QED) is 0.829. The van der Waals surface area contributed by atoms with Crippen molar-refractivity contribution in [3.8, 4) is 0 Å². The van der Waals surface area contributed by atoms with Gasteiger partial charge in [-0.05, 0) is 43.5 Å². The number of hydrogen-bond acceptors (Lipinski definition) is 2. The first-order valence-corrected chi connectivity index (χ1v) is 8.97. The summed E-state index contributed by atoms with van der Waals surface area (Å²) in [6, 6.07) is 14.6. The van der Waals surface area contributed by atoms with Crippen molar-refractivity contribution >= 4 is 23.9 Å². The molecule has 0 unspecified atom stereocenters. The minimum Gasteiger partial charge on any atom is -0.481 e. The van der Waals surface area contributed by atoms with E-state index >= 15 is 0 Å². The maximum Gasteiger partial charge on any atom is 0.307 e. The zero-order chi connectivity index (χ0) is 17.6. The van der Waals surface area contributed by atoms with Crippen molar-refractivity contribution in [2.75, 3.05) is 19.6 Å². The summed E-state index contributed by atoms with van der Waals surface area (Å²) in [7, 11) is 2.06. The van der Waals surface area contributed by atoms with Crippen LogP contribution < -0.4 is 0 Å². The molecule has 2 heterocycles. The second-order valence-corrected chi connectivity index (χ2v) is 6.75. The molecule has 5 heteroatoms. The molecule has 0 radical (unpaired) electrons. The molecule has 1 fully saturated rings. The molecule has 1 aromatic heterocycles. The van der Waals surface area contributed by atoms with E-state index in [9.17, 15) is 9.90 Å². The largest absolute Gasteiger partial charge is 0.481 e. The highest BCUT2D eigenvalue weighted by Crippen LogP contribution is 2.24. The Balaban J connectivity index is 0.00000243. The average molecular weight is 375 g/mol. The van der Waals surface area contributed by atoms with Crippen molar-refractivity contribution in [2.24, 2.45) is 13.0 Å². The van der Waals surface area contributed by atoms with Gasteiger partial charge in [0.1, 0.15) is 0 Å². The number of hydrogen-bond donors (Lipinski definition) is 1. The number of carboxylic acids is 1. The number of nitrogens with zero attached hydrogens (tertiary/aromatic N) is 2. The van der Waals surface area contributed by atoms with Crippen LogP contribution in [0, 0.1) is 5.92 Å². The lowest BCUT2D eigenvalue weighted by atomic mass is 9.97. The number of aliphatic carboxylic acids is 1. The van der Waals surface area contributed by atoms with Gasteiger partial charge in [-0.25, -0.2) is 0 Å². The normalized spacial score (nSPS) is 18.3. The van der Waals surface area contributed by atoms with E-state index in [4.69, 9.17) is 0 Å². The number of rotatable bonds is 6. The minimum absolute atomic E-state index is 0. The number of piperidine rings is 1. The Labute approximate surface area is 161 Å². The SMILES string of the molecule is Cl.Cn1cccc1/C(=C/CCN1CCC[C@@H](C(=O)O)C1)c1ccccc1. The van der Waals surface area contributed by atoms with Crippen LogP contribution in [0.3, 0.4) is 0 Å². The highest BCUT2D eigenvalue weighted by molar-refractivity contribution is 5.85. The third kappa shape index (κ3) is 4.99. The van der Waals surface area contributed by atoms with Crippen molar-refractivity contribution in [3.63, 3.8) is 0 Å². The van der Waals surface area contributed by atoms with Crippen molar-refractivity contribution in [3.05, 3.63) is 66.0 Å². The number of likely N-dealkylation sites (tertiary alicyclic amines) is 1. The molecule has 1 N–H and O–H groups in total. The van der Waals surface area contributed by atoms with Crippen molar-refractivity contribution in [1.29, 1.82) is 0 Å². The Morgan fingerprint density at radius 3 is 2.65 bits per heavy atom. The molecule has 1 atom stereocenters. The molecule has 0 spiro atoms. The summed E-state index contributed by atoms with van der Waals surface area (Å²) in [6.07, 6.45) is 7.05.